The van der Waals surface area contributed by atoms with Crippen molar-refractivity contribution in [3.8, 4) is 6.07 Å². The van der Waals surface area contributed by atoms with Crippen LogP contribution in [0, 0.1) is 18.3 Å². The summed E-state index contributed by atoms with van der Waals surface area (Å²) in [5, 5.41) is 21.2. The Bertz CT molecular complexity index is 371. The van der Waals surface area contributed by atoms with Gasteiger partial charge in [-0.25, -0.2) is 4.98 Å². The van der Waals surface area contributed by atoms with Crippen molar-refractivity contribution in [1.82, 2.24) is 4.98 Å². The zero-order chi connectivity index (χ0) is 11.3. The van der Waals surface area contributed by atoms with Crippen molar-refractivity contribution in [2.75, 3.05) is 11.9 Å². The normalized spacial score (nSPS) is 11.9. The molecular formula is C11H15N3O. The molecule has 4 nitrogen and oxygen atoms in total. The standard InChI is InChI=1S/C11H15N3O/c1-3-10(15)7-13-11-9(6-12)5-4-8(2)14-11/h4-5,10,15H,3,7H2,1-2H3,(H,13,14). The van der Waals surface area contributed by atoms with Crippen molar-refractivity contribution in [2.45, 2.75) is 26.4 Å². The predicted molar refractivity (Wildman–Crippen MR) is 58.5 cm³/mol. The lowest BCUT2D eigenvalue weighted by Crippen LogP contribution is -2.19. The minimum absolute atomic E-state index is 0.404. The molecule has 80 valence electrons. The molecule has 0 fully saturated rings. The number of hydrogen-bond donors (Lipinski definition) is 2. The van der Waals surface area contributed by atoms with E-state index in [1.165, 1.54) is 0 Å². The average Bonchev–Trinajstić information content (AvgIpc) is 2.26. The first kappa shape index (κ1) is 11.5. The van der Waals surface area contributed by atoms with Gasteiger partial charge in [0.05, 0.1) is 11.7 Å². The maximum Gasteiger partial charge on any atom is 0.144 e. The zero-order valence-corrected chi connectivity index (χ0v) is 8.99. The summed E-state index contributed by atoms with van der Waals surface area (Å²) >= 11 is 0. The molecule has 0 aliphatic rings. The van der Waals surface area contributed by atoms with E-state index in [1.807, 2.05) is 13.8 Å². The summed E-state index contributed by atoms with van der Waals surface area (Å²) in [4.78, 5) is 4.21. The molecule has 0 bridgehead atoms. The van der Waals surface area contributed by atoms with Crippen LogP contribution in [0.1, 0.15) is 24.6 Å². The number of hydrogen-bond acceptors (Lipinski definition) is 4. The van der Waals surface area contributed by atoms with Crippen LogP contribution in [0.15, 0.2) is 12.1 Å². The Morgan fingerprint density at radius 2 is 2.33 bits per heavy atom. The van der Waals surface area contributed by atoms with Crippen LogP contribution in [-0.2, 0) is 0 Å². The zero-order valence-electron chi connectivity index (χ0n) is 8.99. The van der Waals surface area contributed by atoms with Crippen molar-refractivity contribution in [1.29, 1.82) is 5.26 Å². The molecule has 4 heteroatoms. The van der Waals surface area contributed by atoms with Gasteiger partial charge in [-0.15, -0.1) is 0 Å². The minimum Gasteiger partial charge on any atom is -0.391 e. The number of anilines is 1. The van der Waals surface area contributed by atoms with Gasteiger partial charge in [-0.1, -0.05) is 6.92 Å². The summed E-state index contributed by atoms with van der Waals surface area (Å²) in [6, 6.07) is 5.57. The Morgan fingerprint density at radius 3 is 2.93 bits per heavy atom. The van der Waals surface area contributed by atoms with Gasteiger partial charge >= 0.3 is 0 Å². The van der Waals surface area contributed by atoms with Gasteiger partial charge in [-0.05, 0) is 25.5 Å². The second-order valence-corrected chi connectivity index (χ2v) is 3.40. The molecule has 0 aromatic carbocycles. The molecular weight excluding hydrogens is 190 g/mol. The fourth-order valence-electron chi connectivity index (χ4n) is 1.14. The SMILES string of the molecule is CCC(O)CNc1nc(C)ccc1C#N. The Morgan fingerprint density at radius 1 is 1.60 bits per heavy atom. The van der Waals surface area contributed by atoms with E-state index in [1.54, 1.807) is 12.1 Å². The van der Waals surface area contributed by atoms with Crippen LogP contribution in [0.4, 0.5) is 5.82 Å². The van der Waals surface area contributed by atoms with E-state index in [2.05, 4.69) is 16.4 Å². The predicted octanol–water partition coefficient (Wildman–Crippen LogP) is 1.44. The molecule has 0 radical (unpaired) electrons. The highest BCUT2D eigenvalue weighted by molar-refractivity contribution is 5.52. The fourth-order valence-corrected chi connectivity index (χ4v) is 1.14. The van der Waals surface area contributed by atoms with Crippen molar-refractivity contribution < 1.29 is 5.11 Å². The van der Waals surface area contributed by atoms with Crippen molar-refractivity contribution in [2.24, 2.45) is 0 Å². The summed E-state index contributed by atoms with van der Waals surface area (Å²) in [6.45, 7) is 4.19. The van der Waals surface area contributed by atoms with Crippen molar-refractivity contribution in [3.63, 3.8) is 0 Å². The first-order chi connectivity index (χ1) is 7.17. The number of aromatic nitrogens is 1. The highest BCUT2D eigenvalue weighted by Gasteiger charge is 2.05. The lowest BCUT2D eigenvalue weighted by Gasteiger charge is -2.11. The van der Waals surface area contributed by atoms with E-state index >= 15 is 0 Å². The van der Waals surface area contributed by atoms with Gasteiger partial charge in [-0.3, -0.25) is 0 Å². The van der Waals surface area contributed by atoms with Gasteiger partial charge in [0.1, 0.15) is 11.9 Å². The van der Waals surface area contributed by atoms with Crippen LogP contribution >= 0.6 is 0 Å². The summed E-state index contributed by atoms with van der Waals surface area (Å²) in [6.07, 6.45) is 0.277. The van der Waals surface area contributed by atoms with Gasteiger partial charge in [-0.2, -0.15) is 5.26 Å². The third-order valence-electron chi connectivity index (χ3n) is 2.13. The molecule has 1 atom stereocenters. The maximum absolute atomic E-state index is 9.38. The Balaban J connectivity index is 2.75. The van der Waals surface area contributed by atoms with Gasteiger partial charge in [0.25, 0.3) is 0 Å². The fraction of sp³-hybridized carbons (Fsp3) is 0.455. The van der Waals surface area contributed by atoms with Crippen LogP contribution in [-0.4, -0.2) is 22.7 Å². The molecule has 1 rings (SSSR count). The molecule has 0 aliphatic carbocycles. The Hall–Kier alpha value is -1.60. The third-order valence-corrected chi connectivity index (χ3v) is 2.13. The number of aliphatic hydroxyl groups excluding tert-OH is 1. The van der Waals surface area contributed by atoms with Crippen LogP contribution in [0.3, 0.4) is 0 Å². The number of nitriles is 1. The number of rotatable bonds is 4. The largest absolute Gasteiger partial charge is 0.391 e. The van der Waals surface area contributed by atoms with E-state index < -0.39 is 6.10 Å². The molecule has 0 amide bonds. The number of pyridine rings is 1. The molecule has 0 saturated carbocycles. The maximum atomic E-state index is 9.38. The molecule has 0 saturated heterocycles. The topological polar surface area (TPSA) is 68.9 Å². The van der Waals surface area contributed by atoms with Gasteiger partial charge in [0.15, 0.2) is 0 Å². The quantitative estimate of drug-likeness (QED) is 0.780. The van der Waals surface area contributed by atoms with Crippen molar-refractivity contribution >= 4 is 5.82 Å². The molecule has 1 aromatic rings. The summed E-state index contributed by atoms with van der Waals surface area (Å²) in [5.74, 6) is 0.546. The first-order valence-electron chi connectivity index (χ1n) is 4.97. The lowest BCUT2D eigenvalue weighted by molar-refractivity contribution is 0.183. The molecule has 15 heavy (non-hydrogen) atoms. The van der Waals surface area contributed by atoms with E-state index in [9.17, 15) is 5.11 Å². The molecule has 0 aliphatic heterocycles. The van der Waals surface area contributed by atoms with Gasteiger partial charge in [0.2, 0.25) is 0 Å². The van der Waals surface area contributed by atoms with E-state index in [4.69, 9.17) is 5.26 Å². The highest BCUT2D eigenvalue weighted by atomic mass is 16.3. The lowest BCUT2D eigenvalue weighted by atomic mass is 10.2. The van der Waals surface area contributed by atoms with E-state index in [-0.39, 0.29) is 0 Å². The number of nitrogens with one attached hydrogen (secondary N) is 1. The smallest absolute Gasteiger partial charge is 0.144 e. The highest BCUT2D eigenvalue weighted by Crippen LogP contribution is 2.12. The van der Waals surface area contributed by atoms with Crippen molar-refractivity contribution in [3.05, 3.63) is 23.4 Å². The Labute approximate surface area is 89.6 Å². The molecule has 1 heterocycles. The summed E-state index contributed by atoms with van der Waals surface area (Å²) in [7, 11) is 0. The number of nitrogens with zero attached hydrogens (tertiary/aromatic N) is 2. The number of aryl methyl sites for hydroxylation is 1. The minimum atomic E-state index is -0.404. The molecule has 1 aromatic heterocycles. The number of aliphatic hydroxyl groups is 1. The summed E-state index contributed by atoms with van der Waals surface area (Å²) < 4.78 is 0. The first-order valence-corrected chi connectivity index (χ1v) is 4.97. The second kappa shape index (κ2) is 5.32. The molecule has 0 spiro atoms. The van der Waals surface area contributed by atoms with Crippen LogP contribution in [0.2, 0.25) is 0 Å². The molecule has 2 N–H and O–H groups in total. The van der Waals surface area contributed by atoms with Gasteiger partial charge < -0.3 is 10.4 Å². The average molecular weight is 205 g/mol. The second-order valence-electron chi connectivity index (χ2n) is 3.40. The van der Waals surface area contributed by atoms with Gasteiger partial charge in [0, 0.05) is 12.2 Å². The van der Waals surface area contributed by atoms with E-state index in [0.717, 1.165) is 5.69 Å². The third kappa shape index (κ3) is 3.22. The molecule has 1 unspecified atom stereocenters. The summed E-state index contributed by atoms with van der Waals surface area (Å²) in [5.41, 5.74) is 1.35. The van der Waals surface area contributed by atoms with Crippen LogP contribution in [0.5, 0.6) is 0 Å². The monoisotopic (exact) mass is 205 g/mol. The van der Waals surface area contributed by atoms with Crippen LogP contribution < -0.4 is 5.32 Å². The Kier molecular flexibility index (Phi) is 4.07. The van der Waals surface area contributed by atoms with Crippen LogP contribution in [0.25, 0.3) is 0 Å². The van der Waals surface area contributed by atoms with E-state index in [0.29, 0.717) is 24.3 Å².